The molecule has 1 heterocycles. The Kier molecular flexibility index (Phi) is 3.27. The third-order valence-corrected chi connectivity index (χ3v) is 2.23. The molecule has 0 aliphatic heterocycles. The van der Waals surface area contributed by atoms with Crippen molar-refractivity contribution in [3.63, 3.8) is 0 Å². The molecule has 0 aromatic carbocycles. The Morgan fingerprint density at radius 3 is 2.67 bits per heavy atom. The van der Waals surface area contributed by atoms with Crippen LogP contribution in [0.25, 0.3) is 0 Å². The minimum absolute atomic E-state index is 0.750. The molecule has 0 fully saturated rings. The quantitative estimate of drug-likeness (QED) is 0.667. The van der Waals surface area contributed by atoms with Crippen LogP contribution >= 0.6 is 0 Å². The Balaban J connectivity index is 2.58. The molecule has 1 nitrogen and oxygen atoms in total. The van der Waals surface area contributed by atoms with Crippen LogP contribution < -0.4 is 0 Å². The van der Waals surface area contributed by atoms with Crippen molar-refractivity contribution in [2.24, 2.45) is 5.92 Å². The summed E-state index contributed by atoms with van der Waals surface area (Å²) in [6.07, 6.45) is 4.28. The smallest absolute Gasteiger partial charge is 0.0406 e. The van der Waals surface area contributed by atoms with Crippen LogP contribution in [0.4, 0.5) is 0 Å². The third kappa shape index (κ3) is 2.65. The van der Waals surface area contributed by atoms with Crippen molar-refractivity contribution < 1.29 is 0 Å². The average Bonchev–Trinajstić information content (AvgIpc) is 2.09. The van der Waals surface area contributed by atoms with Crippen LogP contribution in [0.15, 0.2) is 18.3 Å². The first-order chi connectivity index (χ1) is 5.72. The predicted molar refractivity (Wildman–Crippen MR) is 52.1 cm³/mol. The second kappa shape index (κ2) is 4.24. The lowest BCUT2D eigenvalue weighted by Crippen LogP contribution is -1.99. The van der Waals surface area contributed by atoms with Gasteiger partial charge in [0.25, 0.3) is 0 Å². The molecule has 0 radical (unpaired) electrons. The molecule has 1 atom stereocenters. The van der Waals surface area contributed by atoms with Gasteiger partial charge in [0, 0.05) is 11.9 Å². The van der Waals surface area contributed by atoms with Crippen LogP contribution in [-0.2, 0) is 6.42 Å². The number of hydrogen-bond acceptors (Lipinski definition) is 1. The van der Waals surface area contributed by atoms with Crippen molar-refractivity contribution in [3.8, 4) is 0 Å². The molecule has 0 aliphatic rings. The van der Waals surface area contributed by atoms with Crippen LogP contribution in [0.2, 0.25) is 0 Å². The van der Waals surface area contributed by atoms with Gasteiger partial charge >= 0.3 is 0 Å². The molecular formula is C11H17N. The molecule has 1 unspecified atom stereocenters. The van der Waals surface area contributed by atoms with Gasteiger partial charge in [-0.1, -0.05) is 26.3 Å². The van der Waals surface area contributed by atoms with Crippen LogP contribution in [-0.4, -0.2) is 4.98 Å². The summed E-state index contributed by atoms with van der Waals surface area (Å²) in [7, 11) is 0. The van der Waals surface area contributed by atoms with Gasteiger partial charge in [-0.25, -0.2) is 0 Å². The maximum absolute atomic E-state index is 4.37. The molecule has 0 aliphatic carbocycles. The molecule has 0 N–H and O–H groups in total. The monoisotopic (exact) mass is 163 g/mol. The predicted octanol–water partition coefficient (Wildman–Crippen LogP) is 2.98. The Hall–Kier alpha value is -0.850. The van der Waals surface area contributed by atoms with Gasteiger partial charge in [0.15, 0.2) is 0 Å². The minimum atomic E-state index is 0.750. The molecule has 1 heteroatoms. The lowest BCUT2D eigenvalue weighted by atomic mass is 10.0. The number of aryl methyl sites for hydroxylation is 1. The minimum Gasteiger partial charge on any atom is -0.261 e. The van der Waals surface area contributed by atoms with Crippen molar-refractivity contribution in [3.05, 3.63) is 29.6 Å². The van der Waals surface area contributed by atoms with Crippen LogP contribution in [0, 0.1) is 12.8 Å². The summed E-state index contributed by atoms with van der Waals surface area (Å²) in [5, 5.41) is 0. The maximum atomic E-state index is 4.37. The highest BCUT2D eigenvalue weighted by molar-refractivity contribution is 5.12. The van der Waals surface area contributed by atoms with Crippen LogP contribution in [0.3, 0.4) is 0 Å². The molecule has 1 rings (SSSR count). The van der Waals surface area contributed by atoms with Crippen molar-refractivity contribution in [1.29, 1.82) is 0 Å². The van der Waals surface area contributed by atoms with Crippen molar-refractivity contribution in [2.45, 2.75) is 33.6 Å². The molecule has 1 aromatic heterocycles. The normalized spacial score (nSPS) is 12.9. The van der Waals surface area contributed by atoms with Gasteiger partial charge in [-0.2, -0.15) is 0 Å². The van der Waals surface area contributed by atoms with Gasteiger partial charge in [0.1, 0.15) is 0 Å². The van der Waals surface area contributed by atoms with Crippen molar-refractivity contribution in [1.82, 2.24) is 4.98 Å². The summed E-state index contributed by atoms with van der Waals surface area (Å²) >= 11 is 0. The number of rotatable bonds is 3. The van der Waals surface area contributed by atoms with Gasteiger partial charge in [0.2, 0.25) is 0 Å². The van der Waals surface area contributed by atoms with Gasteiger partial charge in [0.05, 0.1) is 0 Å². The second-order valence-corrected chi connectivity index (χ2v) is 3.54. The molecule has 0 bridgehead atoms. The molecule has 12 heavy (non-hydrogen) atoms. The zero-order valence-corrected chi connectivity index (χ0v) is 8.17. The summed E-state index contributed by atoms with van der Waals surface area (Å²) < 4.78 is 0. The zero-order valence-electron chi connectivity index (χ0n) is 8.17. The Morgan fingerprint density at radius 1 is 1.42 bits per heavy atom. The largest absolute Gasteiger partial charge is 0.261 e. The van der Waals surface area contributed by atoms with E-state index in [1.165, 1.54) is 17.7 Å². The highest BCUT2D eigenvalue weighted by Crippen LogP contribution is 2.09. The molecule has 0 spiro atoms. The van der Waals surface area contributed by atoms with E-state index in [4.69, 9.17) is 0 Å². The van der Waals surface area contributed by atoms with Gasteiger partial charge in [-0.05, 0) is 30.9 Å². The fourth-order valence-corrected chi connectivity index (χ4v) is 1.12. The van der Waals surface area contributed by atoms with E-state index in [0.29, 0.717) is 0 Å². The van der Waals surface area contributed by atoms with E-state index in [2.05, 4.69) is 37.9 Å². The highest BCUT2D eigenvalue weighted by Gasteiger charge is 2.00. The molecule has 0 saturated carbocycles. The summed E-state index contributed by atoms with van der Waals surface area (Å²) in [5.41, 5.74) is 2.46. The fraction of sp³-hybridized carbons (Fsp3) is 0.545. The summed E-state index contributed by atoms with van der Waals surface area (Å²) in [6, 6.07) is 4.26. The molecule has 1 aromatic rings. The Labute approximate surface area is 74.8 Å². The van der Waals surface area contributed by atoms with E-state index in [9.17, 15) is 0 Å². The summed E-state index contributed by atoms with van der Waals surface area (Å²) in [4.78, 5) is 4.37. The number of nitrogens with zero attached hydrogens (tertiary/aromatic N) is 1. The highest BCUT2D eigenvalue weighted by atomic mass is 14.7. The van der Waals surface area contributed by atoms with Gasteiger partial charge < -0.3 is 0 Å². The molecular weight excluding hydrogens is 146 g/mol. The van der Waals surface area contributed by atoms with E-state index in [1.54, 1.807) is 0 Å². The Morgan fingerprint density at radius 2 is 2.17 bits per heavy atom. The van der Waals surface area contributed by atoms with Crippen LogP contribution in [0.5, 0.6) is 0 Å². The SMILES string of the molecule is CCC(C)Cc1ccc(C)cn1. The summed E-state index contributed by atoms with van der Waals surface area (Å²) in [6.45, 7) is 6.56. The first-order valence-corrected chi connectivity index (χ1v) is 4.64. The zero-order chi connectivity index (χ0) is 8.97. The first-order valence-electron chi connectivity index (χ1n) is 4.64. The molecule has 0 amide bonds. The molecule has 0 saturated heterocycles. The number of aromatic nitrogens is 1. The maximum Gasteiger partial charge on any atom is 0.0406 e. The van der Waals surface area contributed by atoms with E-state index in [1.807, 2.05) is 6.20 Å². The Bertz CT molecular complexity index is 225. The standard InChI is InChI=1S/C11H17N/c1-4-9(2)7-11-6-5-10(3)8-12-11/h5-6,8-9H,4,7H2,1-3H3. The lowest BCUT2D eigenvalue weighted by Gasteiger charge is -2.06. The summed E-state index contributed by atoms with van der Waals surface area (Å²) in [5.74, 6) is 0.750. The average molecular weight is 163 g/mol. The van der Waals surface area contributed by atoms with Crippen LogP contribution in [0.1, 0.15) is 31.5 Å². The van der Waals surface area contributed by atoms with E-state index in [-0.39, 0.29) is 0 Å². The van der Waals surface area contributed by atoms with Gasteiger partial charge in [-0.15, -0.1) is 0 Å². The topological polar surface area (TPSA) is 12.9 Å². The van der Waals surface area contributed by atoms with E-state index < -0.39 is 0 Å². The van der Waals surface area contributed by atoms with E-state index in [0.717, 1.165) is 12.3 Å². The van der Waals surface area contributed by atoms with Gasteiger partial charge in [-0.3, -0.25) is 4.98 Å². The fourth-order valence-electron chi connectivity index (χ4n) is 1.12. The molecule has 66 valence electrons. The first kappa shape index (κ1) is 9.24. The third-order valence-electron chi connectivity index (χ3n) is 2.23. The number of hydrogen-bond donors (Lipinski definition) is 0. The van der Waals surface area contributed by atoms with Crippen molar-refractivity contribution >= 4 is 0 Å². The lowest BCUT2D eigenvalue weighted by molar-refractivity contribution is 0.552. The van der Waals surface area contributed by atoms with Crippen molar-refractivity contribution in [2.75, 3.05) is 0 Å². The van der Waals surface area contributed by atoms with E-state index >= 15 is 0 Å². The second-order valence-electron chi connectivity index (χ2n) is 3.54. The number of pyridine rings is 1.